The largest absolute Gasteiger partial charge is 0.490 e. The summed E-state index contributed by atoms with van der Waals surface area (Å²) in [5, 5.41) is 1.12. The molecule has 0 N–H and O–H groups in total. The van der Waals surface area contributed by atoms with Crippen LogP contribution in [-0.4, -0.2) is 12.8 Å². The van der Waals surface area contributed by atoms with Crippen LogP contribution in [0.15, 0.2) is 64.1 Å². The zero-order valence-corrected chi connectivity index (χ0v) is 19.2. The van der Waals surface area contributed by atoms with E-state index in [9.17, 15) is 0 Å². The van der Waals surface area contributed by atoms with E-state index in [4.69, 9.17) is 32.7 Å². The molecule has 0 bridgehead atoms. The van der Waals surface area contributed by atoms with Crippen molar-refractivity contribution in [1.82, 2.24) is 0 Å². The van der Waals surface area contributed by atoms with Gasteiger partial charge in [0.1, 0.15) is 6.61 Å². The van der Waals surface area contributed by atoms with Crippen LogP contribution in [-0.2, 0) is 6.61 Å². The van der Waals surface area contributed by atoms with Crippen molar-refractivity contribution in [1.29, 1.82) is 0 Å². The Hall–Kier alpha value is -2.01. The van der Waals surface area contributed by atoms with Crippen LogP contribution in [0, 0.1) is 6.92 Å². The van der Waals surface area contributed by atoms with E-state index in [-0.39, 0.29) is 0 Å². The average Bonchev–Trinajstić information content (AvgIpc) is 2.69. The minimum absolute atomic E-state index is 0.391. The Balaban J connectivity index is 1.84. The zero-order chi connectivity index (χ0) is 20.8. The first-order chi connectivity index (χ1) is 14.0. The Bertz CT molecular complexity index is 1020. The molecule has 6 heteroatoms. The first-order valence-corrected chi connectivity index (χ1v) is 10.6. The SMILES string of the molecule is CCOc1cc(C=Nc2cc(Cl)ccc2C)cc(Cl)c1OCc1ccc(Br)cc1. The summed E-state index contributed by atoms with van der Waals surface area (Å²) in [5.41, 5.74) is 3.70. The van der Waals surface area contributed by atoms with Crippen molar-refractivity contribution in [2.45, 2.75) is 20.5 Å². The summed E-state index contributed by atoms with van der Waals surface area (Å²) in [4.78, 5) is 4.54. The molecule has 0 spiro atoms. The number of aliphatic imine (C=N–C) groups is 1. The van der Waals surface area contributed by atoms with E-state index < -0.39 is 0 Å². The smallest absolute Gasteiger partial charge is 0.180 e. The van der Waals surface area contributed by atoms with Gasteiger partial charge in [0.25, 0.3) is 0 Å². The van der Waals surface area contributed by atoms with Crippen LogP contribution in [0.4, 0.5) is 5.69 Å². The van der Waals surface area contributed by atoms with Gasteiger partial charge in [-0.25, -0.2) is 0 Å². The van der Waals surface area contributed by atoms with Gasteiger partial charge in [-0.2, -0.15) is 0 Å². The third-order valence-corrected chi connectivity index (χ3v) is 5.20. The molecule has 0 heterocycles. The molecule has 0 aromatic heterocycles. The van der Waals surface area contributed by atoms with Crippen LogP contribution in [0.1, 0.15) is 23.6 Å². The number of nitrogens with zero attached hydrogens (tertiary/aromatic N) is 1. The van der Waals surface area contributed by atoms with E-state index in [1.165, 1.54) is 0 Å². The fraction of sp³-hybridized carbons (Fsp3) is 0.174. The second kappa shape index (κ2) is 10.1. The summed E-state index contributed by atoms with van der Waals surface area (Å²) < 4.78 is 12.7. The number of hydrogen-bond acceptors (Lipinski definition) is 3. The lowest BCUT2D eigenvalue weighted by Gasteiger charge is -2.14. The van der Waals surface area contributed by atoms with Gasteiger partial charge in [-0.1, -0.05) is 57.3 Å². The van der Waals surface area contributed by atoms with Crippen LogP contribution >= 0.6 is 39.1 Å². The molecule has 0 atom stereocenters. The molecule has 0 radical (unpaired) electrons. The number of benzene rings is 3. The van der Waals surface area contributed by atoms with Crippen LogP contribution < -0.4 is 9.47 Å². The average molecular weight is 493 g/mol. The van der Waals surface area contributed by atoms with Crippen LogP contribution in [0.3, 0.4) is 0 Å². The quantitative estimate of drug-likeness (QED) is 0.315. The molecule has 3 aromatic rings. The standard InChI is InChI=1S/C23H20BrCl2NO2/c1-3-28-22-11-17(13-27-21-12-19(25)9-4-15(21)2)10-20(26)23(22)29-14-16-5-7-18(24)8-6-16/h4-13H,3,14H2,1-2H3. The Morgan fingerprint density at radius 2 is 1.76 bits per heavy atom. The molecule has 0 fully saturated rings. The third kappa shape index (κ3) is 5.99. The molecule has 0 unspecified atom stereocenters. The summed E-state index contributed by atoms with van der Waals surface area (Å²) in [6.45, 7) is 4.80. The molecule has 0 amide bonds. The third-order valence-electron chi connectivity index (χ3n) is 4.15. The maximum absolute atomic E-state index is 6.50. The lowest BCUT2D eigenvalue weighted by molar-refractivity contribution is 0.269. The van der Waals surface area contributed by atoms with Gasteiger partial charge in [0.05, 0.1) is 17.3 Å². The fourth-order valence-corrected chi connectivity index (χ4v) is 3.37. The number of rotatable bonds is 7. The molecule has 0 aliphatic rings. The molecule has 0 aliphatic carbocycles. The molecule has 29 heavy (non-hydrogen) atoms. The van der Waals surface area contributed by atoms with E-state index in [2.05, 4.69) is 20.9 Å². The maximum atomic E-state index is 6.50. The molecular formula is C23H20BrCl2NO2. The monoisotopic (exact) mass is 491 g/mol. The number of halogens is 3. The van der Waals surface area contributed by atoms with E-state index in [1.807, 2.05) is 68.4 Å². The molecule has 0 aliphatic heterocycles. The highest BCUT2D eigenvalue weighted by Gasteiger charge is 2.13. The predicted octanol–water partition coefficient (Wildman–Crippen LogP) is 7.79. The summed E-state index contributed by atoms with van der Waals surface area (Å²) >= 11 is 16.0. The summed E-state index contributed by atoms with van der Waals surface area (Å²) in [7, 11) is 0. The van der Waals surface area contributed by atoms with E-state index >= 15 is 0 Å². The van der Waals surface area contributed by atoms with Crippen molar-refractivity contribution < 1.29 is 9.47 Å². The van der Waals surface area contributed by atoms with Crippen molar-refractivity contribution in [3.05, 3.63) is 85.8 Å². The van der Waals surface area contributed by atoms with Gasteiger partial charge >= 0.3 is 0 Å². The van der Waals surface area contributed by atoms with Crippen LogP contribution in [0.25, 0.3) is 0 Å². The number of ether oxygens (including phenoxy) is 2. The van der Waals surface area contributed by atoms with E-state index in [0.29, 0.717) is 34.8 Å². The Labute approximate surface area is 189 Å². The zero-order valence-electron chi connectivity index (χ0n) is 16.1. The first kappa shape index (κ1) is 21.7. The van der Waals surface area contributed by atoms with Gasteiger partial charge in [0.2, 0.25) is 0 Å². The van der Waals surface area contributed by atoms with Gasteiger partial charge in [0, 0.05) is 15.7 Å². The van der Waals surface area contributed by atoms with Gasteiger partial charge in [0.15, 0.2) is 11.5 Å². The summed E-state index contributed by atoms with van der Waals surface area (Å²) in [5.74, 6) is 1.11. The molecule has 0 saturated heterocycles. The Morgan fingerprint density at radius 1 is 1.00 bits per heavy atom. The second-order valence-electron chi connectivity index (χ2n) is 6.37. The van der Waals surface area contributed by atoms with E-state index in [0.717, 1.165) is 26.9 Å². The molecule has 0 saturated carbocycles. The normalized spacial score (nSPS) is 11.1. The molecule has 3 aromatic carbocycles. The second-order valence-corrected chi connectivity index (χ2v) is 8.13. The molecule has 3 nitrogen and oxygen atoms in total. The lowest BCUT2D eigenvalue weighted by Crippen LogP contribution is -2.01. The van der Waals surface area contributed by atoms with Crippen molar-refractivity contribution >= 4 is 51.0 Å². The lowest BCUT2D eigenvalue weighted by atomic mass is 10.2. The fourth-order valence-electron chi connectivity index (χ4n) is 2.67. The van der Waals surface area contributed by atoms with Gasteiger partial charge < -0.3 is 9.47 Å². The van der Waals surface area contributed by atoms with Crippen molar-refractivity contribution in [3.63, 3.8) is 0 Å². The number of hydrogen-bond donors (Lipinski definition) is 0. The van der Waals surface area contributed by atoms with Crippen molar-refractivity contribution in [2.75, 3.05) is 6.61 Å². The minimum atomic E-state index is 0.391. The van der Waals surface area contributed by atoms with Crippen LogP contribution in [0.5, 0.6) is 11.5 Å². The Kier molecular flexibility index (Phi) is 7.59. The summed E-state index contributed by atoms with van der Waals surface area (Å²) in [6, 6.07) is 17.2. The van der Waals surface area contributed by atoms with Gasteiger partial charge in [-0.15, -0.1) is 0 Å². The van der Waals surface area contributed by atoms with Crippen molar-refractivity contribution in [3.8, 4) is 11.5 Å². The van der Waals surface area contributed by atoms with Crippen molar-refractivity contribution in [2.24, 2.45) is 4.99 Å². The molecule has 150 valence electrons. The number of aryl methyl sites for hydroxylation is 1. The highest BCUT2D eigenvalue weighted by Crippen LogP contribution is 2.37. The Morgan fingerprint density at radius 3 is 2.48 bits per heavy atom. The summed E-state index contributed by atoms with van der Waals surface area (Å²) in [6.07, 6.45) is 1.74. The highest BCUT2D eigenvalue weighted by molar-refractivity contribution is 9.10. The maximum Gasteiger partial charge on any atom is 0.180 e. The van der Waals surface area contributed by atoms with E-state index in [1.54, 1.807) is 6.21 Å². The predicted molar refractivity (Wildman–Crippen MR) is 125 cm³/mol. The molecule has 3 rings (SSSR count). The van der Waals surface area contributed by atoms with Gasteiger partial charge in [-0.05, 0) is 66.9 Å². The topological polar surface area (TPSA) is 30.8 Å². The molecular weight excluding hydrogens is 473 g/mol. The highest BCUT2D eigenvalue weighted by atomic mass is 79.9. The van der Waals surface area contributed by atoms with Crippen LogP contribution in [0.2, 0.25) is 10.0 Å². The first-order valence-electron chi connectivity index (χ1n) is 9.10. The van der Waals surface area contributed by atoms with Gasteiger partial charge in [-0.3, -0.25) is 4.99 Å². The minimum Gasteiger partial charge on any atom is -0.490 e.